The van der Waals surface area contributed by atoms with Crippen molar-refractivity contribution in [2.45, 2.75) is 38.6 Å². The fourth-order valence-corrected chi connectivity index (χ4v) is 4.36. The highest BCUT2D eigenvalue weighted by molar-refractivity contribution is 5.70. The molecule has 1 saturated heterocycles. The number of nitrogens with zero attached hydrogens (tertiary/aromatic N) is 2. The van der Waals surface area contributed by atoms with Gasteiger partial charge in [-0.3, -0.25) is 9.69 Å². The van der Waals surface area contributed by atoms with Crippen LogP contribution in [-0.4, -0.2) is 35.7 Å². The van der Waals surface area contributed by atoms with E-state index in [1.807, 2.05) is 18.2 Å². The van der Waals surface area contributed by atoms with Crippen molar-refractivity contribution in [3.63, 3.8) is 0 Å². The van der Waals surface area contributed by atoms with Gasteiger partial charge < -0.3 is 9.84 Å². The molecule has 1 heterocycles. The van der Waals surface area contributed by atoms with Crippen molar-refractivity contribution in [3.8, 4) is 11.8 Å². The number of ether oxygens (including phenoxy) is 1. The van der Waals surface area contributed by atoms with Crippen LogP contribution in [0.25, 0.3) is 0 Å². The van der Waals surface area contributed by atoms with Gasteiger partial charge in [0.25, 0.3) is 0 Å². The fraction of sp³-hybridized carbons (Fsp3) is 0.417. The van der Waals surface area contributed by atoms with Crippen molar-refractivity contribution in [3.05, 3.63) is 65.5 Å². The number of carbonyl (C=O) groups excluding carboxylic acids is 1. The normalized spacial score (nSPS) is 17.1. The number of phenolic OH excluding ortho intramolecular Hbond substituents is 1. The van der Waals surface area contributed by atoms with Gasteiger partial charge in [0.15, 0.2) is 0 Å². The lowest BCUT2D eigenvalue weighted by molar-refractivity contribution is -0.147. The number of esters is 1. The Hall–Kier alpha value is -2.91. The molecule has 0 spiro atoms. The molecular formula is C24H27FN2O3. The molecule has 2 aromatic carbocycles. The highest BCUT2D eigenvalue weighted by atomic mass is 19.1. The van der Waals surface area contributed by atoms with Crippen LogP contribution in [0.4, 0.5) is 4.39 Å². The van der Waals surface area contributed by atoms with Gasteiger partial charge in [0.2, 0.25) is 0 Å². The Morgan fingerprint density at radius 2 is 1.97 bits per heavy atom. The van der Waals surface area contributed by atoms with Crippen LogP contribution in [0.3, 0.4) is 0 Å². The molecule has 1 atom stereocenters. The average Bonchev–Trinajstić information content (AvgIpc) is 2.73. The second-order valence-electron chi connectivity index (χ2n) is 7.87. The lowest BCUT2D eigenvalue weighted by atomic mass is 9.64. The number of phenols is 1. The van der Waals surface area contributed by atoms with E-state index in [0.717, 1.165) is 12.6 Å². The quantitative estimate of drug-likeness (QED) is 0.686. The molecule has 0 bridgehead atoms. The Balaban J connectivity index is 1.84. The first-order chi connectivity index (χ1) is 14.5. The molecule has 1 N–H and O–H groups in total. The molecule has 2 aromatic rings. The van der Waals surface area contributed by atoms with Crippen LogP contribution in [0.2, 0.25) is 0 Å². The number of carbonyl (C=O) groups is 1. The van der Waals surface area contributed by atoms with E-state index < -0.39 is 17.2 Å². The molecule has 30 heavy (non-hydrogen) atoms. The molecule has 3 rings (SSSR count). The van der Waals surface area contributed by atoms with Crippen molar-refractivity contribution in [1.29, 1.82) is 5.26 Å². The Labute approximate surface area is 176 Å². The molecule has 1 fully saturated rings. The maximum absolute atomic E-state index is 13.5. The average molecular weight is 410 g/mol. The summed E-state index contributed by atoms with van der Waals surface area (Å²) in [5.74, 6) is -1.90. The molecule has 6 heteroatoms. The summed E-state index contributed by atoms with van der Waals surface area (Å²) in [5, 5.41) is 20.3. The predicted molar refractivity (Wildman–Crippen MR) is 111 cm³/mol. The molecule has 1 aliphatic heterocycles. The third kappa shape index (κ3) is 4.98. The van der Waals surface area contributed by atoms with E-state index in [-0.39, 0.29) is 24.7 Å². The van der Waals surface area contributed by atoms with Gasteiger partial charge in [-0.2, -0.15) is 5.26 Å². The van der Waals surface area contributed by atoms with Gasteiger partial charge >= 0.3 is 5.97 Å². The lowest BCUT2D eigenvalue weighted by Gasteiger charge is -2.44. The van der Waals surface area contributed by atoms with E-state index in [0.29, 0.717) is 31.5 Å². The monoisotopic (exact) mass is 410 g/mol. The Morgan fingerprint density at radius 1 is 1.27 bits per heavy atom. The van der Waals surface area contributed by atoms with Gasteiger partial charge in [-0.25, -0.2) is 4.39 Å². The van der Waals surface area contributed by atoms with Crippen LogP contribution in [0.15, 0.2) is 48.5 Å². The summed E-state index contributed by atoms with van der Waals surface area (Å²) in [5.41, 5.74) is 0.895. The van der Waals surface area contributed by atoms with E-state index in [2.05, 4.69) is 23.1 Å². The highest BCUT2D eigenvalue weighted by Gasteiger charge is 2.45. The van der Waals surface area contributed by atoms with Gasteiger partial charge in [0, 0.05) is 23.6 Å². The zero-order valence-electron chi connectivity index (χ0n) is 17.2. The van der Waals surface area contributed by atoms with Crippen molar-refractivity contribution in [2.24, 2.45) is 5.41 Å². The van der Waals surface area contributed by atoms with Crippen LogP contribution in [0.5, 0.6) is 5.75 Å². The van der Waals surface area contributed by atoms with E-state index in [9.17, 15) is 19.6 Å². The van der Waals surface area contributed by atoms with Crippen LogP contribution in [0.1, 0.15) is 43.2 Å². The number of hydrogen-bond acceptors (Lipinski definition) is 5. The van der Waals surface area contributed by atoms with Crippen molar-refractivity contribution in [1.82, 2.24) is 4.90 Å². The minimum absolute atomic E-state index is 0.0923. The first-order valence-electron chi connectivity index (χ1n) is 10.3. The van der Waals surface area contributed by atoms with E-state index in [4.69, 9.17) is 4.74 Å². The van der Waals surface area contributed by atoms with E-state index in [1.165, 1.54) is 17.7 Å². The smallest absolute Gasteiger partial charge is 0.306 e. The van der Waals surface area contributed by atoms with Gasteiger partial charge in [0.1, 0.15) is 11.6 Å². The Bertz CT molecular complexity index is 902. The second kappa shape index (κ2) is 9.73. The fourth-order valence-electron chi connectivity index (χ4n) is 4.36. The summed E-state index contributed by atoms with van der Waals surface area (Å²) in [6, 6.07) is 16.1. The summed E-state index contributed by atoms with van der Waals surface area (Å²) in [4.78, 5) is 14.7. The van der Waals surface area contributed by atoms with Gasteiger partial charge in [-0.15, -0.1) is 0 Å². The summed E-state index contributed by atoms with van der Waals surface area (Å²) in [6.07, 6.45) is 1.30. The van der Waals surface area contributed by atoms with Crippen LogP contribution < -0.4 is 0 Å². The van der Waals surface area contributed by atoms with Gasteiger partial charge in [-0.1, -0.05) is 36.4 Å². The number of likely N-dealkylation sites (tertiary alicyclic amines) is 1. The highest BCUT2D eigenvalue weighted by Crippen LogP contribution is 2.49. The van der Waals surface area contributed by atoms with Crippen LogP contribution >= 0.6 is 0 Å². The van der Waals surface area contributed by atoms with E-state index >= 15 is 0 Å². The molecule has 158 valence electrons. The second-order valence-corrected chi connectivity index (χ2v) is 7.87. The first kappa shape index (κ1) is 21.8. The molecule has 0 saturated carbocycles. The molecule has 0 amide bonds. The SMILES string of the molecule is CCOC(=O)CC1(C(C#N)c2ccc(F)cc2O)CCN(Cc2ccccc2)CC1. The topological polar surface area (TPSA) is 73.6 Å². The van der Waals surface area contributed by atoms with Crippen LogP contribution in [-0.2, 0) is 16.1 Å². The Kier molecular flexibility index (Phi) is 7.07. The van der Waals surface area contributed by atoms with Crippen LogP contribution in [0, 0.1) is 22.6 Å². The third-order valence-corrected chi connectivity index (χ3v) is 5.95. The number of piperidine rings is 1. The minimum atomic E-state index is -0.735. The van der Waals surface area contributed by atoms with Crippen molar-refractivity contribution >= 4 is 5.97 Å². The van der Waals surface area contributed by atoms with Crippen molar-refractivity contribution in [2.75, 3.05) is 19.7 Å². The Morgan fingerprint density at radius 3 is 2.57 bits per heavy atom. The molecule has 0 radical (unpaired) electrons. The first-order valence-corrected chi connectivity index (χ1v) is 10.3. The number of halogens is 1. The number of rotatable bonds is 7. The maximum Gasteiger partial charge on any atom is 0.306 e. The zero-order chi connectivity index (χ0) is 21.6. The molecule has 5 nitrogen and oxygen atoms in total. The molecule has 0 aromatic heterocycles. The number of aromatic hydroxyl groups is 1. The van der Waals surface area contributed by atoms with E-state index in [1.54, 1.807) is 6.92 Å². The molecule has 1 aliphatic rings. The zero-order valence-corrected chi connectivity index (χ0v) is 17.2. The summed E-state index contributed by atoms with van der Waals surface area (Å²) < 4.78 is 18.7. The number of hydrogen-bond donors (Lipinski definition) is 1. The summed E-state index contributed by atoms with van der Waals surface area (Å²) in [6.45, 7) is 4.26. The predicted octanol–water partition coefficient (Wildman–Crippen LogP) is 4.37. The molecule has 1 unspecified atom stereocenters. The minimum Gasteiger partial charge on any atom is -0.508 e. The number of benzene rings is 2. The maximum atomic E-state index is 13.5. The van der Waals surface area contributed by atoms with Gasteiger partial charge in [0.05, 0.1) is 25.0 Å². The summed E-state index contributed by atoms with van der Waals surface area (Å²) in [7, 11) is 0. The third-order valence-electron chi connectivity index (χ3n) is 5.95. The van der Waals surface area contributed by atoms with Gasteiger partial charge in [-0.05, 0) is 44.5 Å². The number of nitriles is 1. The van der Waals surface area contributed by atoms with Crippen molar-refractivity contribution < 1.29 is 19.0 Å². The standard InChI is InChI=1S/C24H27FN2O3/c1-2-30-23(29)15-24(21(16-26)20-9-8-19(25)14-22(20)28)10-12-27(13-11-24)17-18-6-4-3-5-7-18/h3-9,14,21,28H,2,10-13,15,17H2,1H3. The largest absolute Gasteiger partial charge is 0.508 e. The summed E-state index contributed by atoms with van der Waals surface area (Å²) >= 11 is 0. The lowest BCUT2D eigenvalue weighted by Crippen LogP contribution is -2.44. The molecule has 0 aliphatic carbocycles. The molecular weight excluding hydrogens is 383 g/mol.